The predicted molar refractivity (Wildman–Crippen MR) is 114 cm³/mol. The molecule has 2 N–H and O–H groups in total. The average molecular weight is 460 g/mol. The highest BCUT2D eigenvalue weighted by Crippen LogP contribution is 2.27. The summed E-state index contributed by atoms with van der Waals surface area (Å²) in [5.74, 6) is 0.318. The molecule has 0 bridgehead atoms. The maximum Gasteiger partial charge on any atom is 0.278 e. The van der Waals surface area contributed by atoms with Gasteiger partial charge in [0.2, 0.25) is 20.9 Å². The molecule has 0 fully saturated rings. The van der Waals surface area contributed by atoms with Gasteiger partial charge in [-0.2, -0.15) is 0 Å². The second kappa shape index (κ2) is 7.96. The quantitative estimate of drug-likeness (QED) is 0.452. The third kappa shape index (κ3) is 4.34. The highest BCUT2D eigenvalue weighted by Gasteiger charge is 2.23. The van der Waals surface area contributed by atoms with Gasteiger partial charge in [-0.1, -0.05) is 6.07 Å². The van der Waals surface area contributed by atoms with Gasteiger partial charge in [-0.15, -0.1) is 11.3 Å². The van der Waals surface area contributed by atoms with E-state index in [1.165, 1.54) is 28.9 Å². The zero-order valence-electron chi connectivity index (χ0n) is 16.4. The number of carbonyl (C=O) groups excluding carboxylic acids is 2. The van der Waals surface area contributed by atoms with Crippen molar-refractivity contribution in [2.24, 2.45) is 0 Å². The molecular formula is C19H17N5O5S2. The van der Waals surface area contributed by atoms with Crippen LogP contribution in [0.2, 0.25) is 0 Å². The summed E-state index contributed by atoms with van der Waals surface area (Å²) < 4.78 is 31.1. The molecule has 0 unspecified atom stereocenters. The van der Waals surface area contributed by atoms with Crippen molar-refractivity contribution in [1.82, 2.24) is 19.7 Å². The number of rotatable bonds is 6. The minimum atomic E-state index is -3.63. The second-order valence-electron chi connectivity index (χ2n) is 6.64. The smallest absolute Gasteiger partial charge is 0.278 e. The van der Waals surface area contributed by atoms with Crippen LogP contribution in [0.1, 0.15) is 23.2 Å². The lowest BCUT2D eigenvalue weighted by Crippen LogP contribution is -2.18. The molecule has 0 aliphatic rings. The molecule has 10 nitrogen and oxygen atoms in total. The van der Waals surface area contributed by atoms with E-state index in [1.54, 1.807) is 35.7 Å². The van der Waals surface area contributed by atoms with Crippen LogP contribution in [0, 0.1) is 0 Å². The van der Waals surface area contributed by atoms with Crippen molar-refractivity contribution in [3.8, 4) is 11.5 Å². The van der Waals surface area contributed by atoms with Crippen molar-refractivity contribution in [2.75, 3.05) is 11.6 Å². The van der Waals surface area contributed by atoms with Gasteiger partial charge in [0.15, 0.2) is 16.6 Å². The lowest BCUT2D eigenvalue weighted by molar-refractivity contribution is -0.119. The first-order valence-electron chi connectivity index (χ1n) is 9.00. The molecule has 4 aromatic heterocycles. The summed E-state index contributed by atoms with van der Waals surface area (Å²) in [6, 6.07) is 8.41. The Kier molecular flexibility index (Phi) is 5.33. The van der Waals surface area contributed by atoms with Gasteiger partial charge in [0.05, 0.1) is 12.1 Å². The Morgan fingerprint density at radius 3 is 2.74 bits per heavy atom. The summed E-state index contributed by atoms with van der Waals surface area (Å²) in [6.45, 7) is 1.68. The molecule has 2 amide bonds. The van der Waals surface area contributed by atoms with Crippen LogP contribution in [0.25, 0.3) is 17.0 Å². The number of pyridine rings is 1. The SMILES string of the molecule is CC(=O)NCc1ccc(-c2csc(NC(=O)c3nc(S(C)(=O)=O)n4ccccc34)n2)o1. The fraction of sp³-hybridized carbons (Fsp3) is 0.158. The molecule has 0 aromatic carbocycles. The Hall–Kier alpha value is -3.51. The van der Waals surface area contributed by atoms with Crippen LogP contribution in [-0.2, 0) is 21.2 Å². The molecule has 4 rings (SSSR count). The number of aromatic nitrogens is 3. The first-order chi connectivity index (χ1) is 14.7. The number of imidazole rings is 1. The number of sulfone groups is 1. The largest absolute Gasteiger partial charge is 0.458 e. The maximum atomic E-state index is 12.8. The fourth-order valence-corrected chi connectivity index (χ4v) is 4.33. The van der Waals surface area contributed by atoms with Crippen LogP contribution in [0.5, 0.6) is 0 Å². The van der Waals surface area contributed by atoms with Crippen molar-refractivity contribution in [2.45, 2.75) is 18.6 Å². The first-order valence-corrected chi connectivity index (χ1v) is 11.8. The Labute approximate surface area is 180 Å². The molecule has 160 valence electrons. The number of amides is 2. The van der Waals surface area contributed by atoms with E-state index < -0.39 is 15.7 Å². The molecule has 0 saturated carbocycles. The normalized spacial score (nSPS) is 11.5. The van der Waals surface area contributed by atoms with E-state index in [0.717, 1.165) is 6.26 Å². The number of anilines is 1. The van der Waals surface area contributed by atoms with Gasteiger partial charge >= 0.3 is 0 Å². The lowest BCUT2D eigenvalue weighted by atomic mass is 10.3. The van der Waals surface area contributed by atoms with E-state index in [2.05, 4.69) is 20.6 Å². The number of furan rings is 1. The summed E-state index contributed by atoms with van der Waals surface area (Å²) in [7, 11) is -3.63. The van der Waals surface area contributed by atoms with E-state index in [9.17, 15) is 18.0 Å². The minimum absolute atomic E-state index is 0.0200. The monoisotopic (exact) mass is 459 g/mol. The van der Waals surface area contributed by atoms with Crippen molar-refractivity contribution in [3.05, 3.63) is 53.4 Å². The van der Waals surface area contributed by atoms with Crippen molar-refractivity contribution >= 4 is 43.6 Å². The van der Waals surface area contributed by atoms with E-state index in [-0.39, 0.29) is 23.3 Å². The second-order valence-corrected chi connectivity index (χ2v) is 9.41. The molecule has 4 heterocycles. The molecular weight excluding hydrogens is 442 g/mol. The molecule has 0 atom stereocenters. The lowest BCUT2D eigenvalue weighted by Gasteiger charge is -1.99. The molecule has 31 heavy (non-hydrogen) atoms. The number of fused-ring (bicyclic) bond motifs is 1. The van der Waals surface area contributed by atoms with Crippen LogP contribution in [0.15, 0.2) is 51.5 Å². The predicted octanol–water partition coefficient (Wildman–Crippen LogP) is 2.34. The third-order valence-electron chi connectivity index (χ3n) is 4.21. The number of hydrogen-bond acceptors (Lipinski definition) is 8. The van der Waals surface area contributed by atoms with Gasteiger partial charge in [-0.3, -0.25) is 19.3 Å². The van der Waals surface area contributed by atoms with Gasteiger partial charge in [-0.25, -0.2) is 18.4 Å². The zero-order valence-corrected chi connectivity index (χ0v) is 18.1. The van der Waals surface area contributed by atoms with E-state index in [1.807, 2.05) is 0 Å². The van der Waals surface area contributed by atoms with Crippen molar-refractivity contribution in [1.29, 1.82) is 0 Å². The molecule has 0 aliphatic heterocycles. The van der Waals surface area contributed by atoms with Crippen LogP contribution >= 0.6 is 11.3 Å². The molecule has 0 aliphatic carbocycles. The standard InChI is InChI=1S/C19H17N5O5S2/c1-11(25)20-9-12-6-7-15(29-12)13-10-30-18(21-13)23-17(26)16-14-5-3-4-8-24(14)19(22-16)31(2,27)28/h3-8,10H,9H2,1-2H3,(H,20,25)(H,21,23,26). The Morgan fingerprint density at radius 1 is 1.19 bits per heavy atom. The van der Waals surface area contributed by atoms with E-state index >= 15 is 0 Å². The number of thiazole rings is 1. The molecule has 0 spiro atoms. The summed E-state index contributed by atoms with van der Waals surface area (Å²) >= 11 is 1.19. The number of carbonyl (C=O) groups is 2. The van der Waals surface area contributed by atoms with Gasteiger partial charge < -0.3 is 9.73 Å². The summed E-state index contributed by atoms with van der Waals surface area (Å²) in [4.78, 5) is 32.2. The van der Waals surface area contributed by atoms with Crippen LogP contribution in [0.3, 0.4) is 0 Å². The zero-order chi connectivity index (χ0) is 22.2. The van der Waals surface area contributed by atoms with E-state index in [4.69, 9.17) is 4.42 Å². The number of nitrogens with zero attached hydrogens (tertiary/aromatic N) is 3. The molecule has 0 saturated heterocycles. The summed E-state index contributed by atoms with van der Waals surface area (Å²) in [6.07, 6.45) is 2.57. The van der Waals surface area contributed by atoms with Crippen molar-refractivity contribution < 1.29 is 22.4 Å². The van der Waals surface area contributed by atoms with Crippen LogP contribution in [-0.4, -0.2) is 40.9 Å². The fourth-order valence-electron chi connectivity index (χ4n) is 2.86. The van der Waals surface area contributed by atoms with Crippen LogP contribution < -0.4 is 10.6 Å². The topological polar surface area (TPSA) is 136 Å². The summed E-state index contributed by atoms with van der Waals surface area (Å²) in [5, 5.41) is 7.10. The molecule has 4 aromatic rings. The number of hydrogen-bond donors (Lipinski definition) is 2. The van der Waals surface area contributed by atoms with Gasteiger partial charge in [0.25, 0.3) is 5.91 Å². The Morgan fingerprint density at radius 2 is 2.00 bits per heavy atom. The molecule has 12 heteroatoms. The third-order valence-corrected chi connectivity index (χ3v) is 5.92. The van der Waals surface area contributed by atoms with Gasteiger partial charge in [0.1, 0.15) is 11.5 Å². The van der Waals surface area contributed by atoms with Gasteiger partial charge in [-0.05, 0) is 24.3 Å². The average Bonchev–Trinajstić information content (AvgIpc) is 3.43. The minimum Gasteiger partial charge on any atom is -0.458 e. The first kappa shape index (κ1) is 20.8. The Balaban J connectivity index is 1.56. The summed E-state index contributed by atoms with van der Waals surface area (Å²) in [5.41, 5.74) is 0.861. The Bertz CT molecular complexity index is 1400. The van der Waals surface area contributed by atoms with Crippen LogP contribution in [0.4, 0.5) is 5.13 Å². The highest BCUT2D eigenvalue weighted by molar-refractivity contribution is 7.90. The van der Waals surface area contributed by atoms with Gasteiger partial charge in [0, 0.05) is 24.8 Å². The molecule has 0 radical (unpaired) electrons. The van der Waals surface area contributed by atoms with E-state index in [0.29, 0.717) is 27.9 Å². The van der Waals surface area contributed by atoms with Crippen molar-refractivity contribution in [3.63, 3.8) is 0 Å². The highest BCUT2D eigenvalue weighted by atomic mass is 32.2. The maximum absolute atomic E-state index is 12.8. The number of nitrogens with one attached hydrogen (secondary N) is 2.